The summed E-state index contributed by atoms with van der Waals surface area (Å²) in [5.41, 5.74) is 5.85. The van der Waals surface area contributed by atoms with Crippen LogP contribution in [0.5, 0.6) is 0 Å². The van der Waals surface area contributed by atoms with Gasteiger partial charge in [0.15, 0.2) is 6.04 Å². The lowest BCUT2D eigenvalue weighted by molar-refractivity contribution is -0.149. The van der Waals surface area contributed by atoms with Crippen LogP contribution in [0, 0.1) is 17.8 Å². The van der Waals surface area contributed by atoms with Gasteiger partial charge in [0.05, 0.1) is 6.20 Å². The van der Waals surface area contributed by atoms with Crippen LogP contribution in [-0.2, 0) is 19.2 Å². The molecular weight excluding hydrogens is 498 g/mol. The van der Waals surface area contributed by atoms with Crippen molar-refractivity contribution in [2.24, 2.45) is 23.5 Å². The van der Waals surface area contributed by atoms with Crippen LogP contribution >= 0.6 is 0 Å². The number of halogens is 2. The molecular formula is C26H32F2N6O4. The third kappa shape index (κ3) is 5.30. The molecule has 2 aromatic rings. The summed E-state index contributed by atoms with van der Waals surface area (Å²) in [6.45, 7) is 3.97. The summed E-state index contributed by atoms with van der Waals surface area (Å²) < 4.78 is 27.2. The number of alkyl halides is 2. The number of rotatable bonds is 8. The largest absolute Gasteiger partial charge is 0.368 e. The topological polar surface area (TPSA) is 147 Å². The molecule has 2 aliphatic rings. The molecule has 1 aromatic carbocycles. The minimum absolute atomic E-state index is 0.0372. The standard InChI is InChI=1S/C26H32F2N6O4/c1-13(2)18(32-25(38)26(3,27)28)24(37)34-12-15-8-6-10-17(15)21(34)23(36)31-20(22(29)35)19-16-9-5-4-7-14(16)11-30-33-19/h4-5,7,9,11,13,15,17-18,20-21H,6,8,10,12H2,1-3H3,(H2,29,35)(H,31,36)(H,32,38)/t15-,17-,18-,20?,21-/m0/s1. The number of carbonyl (C=O) groups excluding carboxylic acids is 4. The van der Waals surface area contributed by atoms with Crippen molar-refractivity contribution in [2.75, 3.05) is 6.54 Å². The van der Waals surface area contributed by atoms with E-state index in [0.717, 1.165) is 12.8 Å². The molecule has 12 heteroatoms. The van der Waals surface area contributed by atoms with Crippen molar-refractivity contribution < 1.29 is 28.0 Å². The molecule has 4 rings (SSSR count). The molecule has 0 bridgehead atoms. The highest BCUT2D eigenvalue weighted by molar-refractivity contribution is 5.97. The second kappa shape index (κ2) is 10.6. The average molecular weight is 531 g/mol. The van der Waals surface area contributed by atoms with Gasteiger partial charge in [-0.05, 0) is 30.6 Å². The zero-order valence-electron chi connectivity index (χ0n) is 21.5. The summed E-state index contributed by atoms with van der Waals surface area (Å²) in [5, 5.41) is 14.1. The number of fused-ring (bicyclic) bond motifs is 2. The van der Waals surface area contributed by atoms with Crippen LogP contribution in [0.25, 0.3) is 10.8 Å². The van der Waals surface area contributed by atoms with Gasteiger partial charge in [-0.3, -0.25) is 19.2 Å². The molecule has 4 N–H and O–H groups in total. The number of benzene rings is 1. The third-order valence-corrected chi connectivity index (χ3v) is 7.50. The number of primary amides is 1. The minimum atomic E-state index is -3.67. The van der Waals surface area contributed by atoms with Crippen molar-refractivity contribution in [1.29, 1.82) is 0 Å². The molecule has 2 fully saturated rings. The molecule has 38 heavy (non-hydrogen) atoms. The van der Waals surface area contributed by atoms with E-state index >= 15 is 0 Å². The molecule has 1 aliphatic heterocycles. The van der Waals surface area contributed by atoms with E-state index in [4.69, 9.17) is 5.73 Å². The summed E-state index contributed by atoms with van der Waals surface area (Å²) in [6, 6.07) is 3.56. The van der Waals surface area contributed by atoms with Crippen LogP contribution < -0.4 is 16.4 Å². The molecule has 10 nitrogen and oxygen atoms in total. The normalized spacial score (nSPS) is 22.7. The maximum Gasteiger partial charge on any atom is 0.321 e. The van der Waals surface area contributed by atoms with Crippen LogP contribution in [0.15, 0.2) is 30.5 Å². The lowest BCUT2D eigenvalue weighted by Gasteiger charge is -2.33. The number of hydrogen-bond donors (Lipinski definition) is 3. The lowest BCUT2D eigenvalue weighted by Crippen LogP contribution is -2.58. The summed E-state index contributed by atoms with van der Waals surface area (Å²) in [6.07, 6.45) is 3.90. The quantitative estimate of drug-likeness (QED) is 0.473. The number of nitrogens with two attached hydrogens (primary N) is 1. The Labute approximate surface area is 218 Å². The van der Waals surface area contributed by atoms with E-state index in [1.807, 2.05) is 0 Å². The smallest absolute Gasteiger partial charge is 0.321 e. The predicted octanol–water partition coefficient (Wildman–Crippen LogP) is 1.70. The van der Waals surface area contributed by atoms with Gasteiger partial charge < -0.3 is 21.3 Å². The van der Waals surface area contributed by atoms with Gasteiger partial charge in [-0.2, -0.15) is 19.0 Å². The van der Waals surface area contributed by atoms with Gasteiger partial charge in [-0.1, -0.05) is 44.5 Å². The highest BCUT2D eigenvalue weighted by atomic mass is 19.3. The van der Waals surface area contributed by atoms with Gasteiger partial charge in [-0.25, -0.2) is 0 Å². The first-order chi connectivity index (χ1) is 17.9. The summed E-state index contributed by atoms with van der Waals surface area (Å²) in [4.78, 5) is 53.2. The van der Waals surface area contributed by atoms with Crippen LogP contribution in [0.3, 0.4) is 0 Å². The number of likely N-dealkylation sites (tertiary alicyclic amines) is 1. The molecule has 1 aromatic heterocycles. The Balaban J connectivity index is 1.63. The maximum atomic E-state index is 13.7. The average Bonchev–Trinajstić information content (AvgIpc) is 3.45. The Morgan fingerprint density at radius 1 is 1.13 bits per heavy atom. The van der Waals surface area contributed by atoms with E-state index in [0.29, 0.717) is 24.1 Å². The van der Waals surface area contributed by atoms with Crippen molar-refractivity contribution >= 4 is 34.4 Å². The van der Waals surface area contributed by atoms with Crippen LogP contribution in [0.4, 0.5) is 8.78 Å². The summed E-state index contributed by atoms with van der Waals surface area (Å²) >= 11 is 0. The third-order valence-electron chi connectivity index (χ3n) is 7.50. The summed E-state index contributed by atoms with van der Waals surface area (Å²) in [7, 11) is 0. The van der Waals surface area contributed by atoms with E-state index in [1.54, 1.807) is 38.1 Å². The molecule has 5 atom stereocenters. The fourth-order valence-electron chi connectivity index (χ4n) is 5.59. The molecule has 4 amide bonds. The van der Waals surface area contributed by atoms with Crippen molar-refractivity contribution in [1.82, 2.24) is 25.7 Å². The second-order valence-corrected chi connectivity index (χ2v) is 10.5. The second-order valence-electron chi connectivity index (χ2n) is 10.5. The lowest BCUT2D eigenvalue weighted by atomic mass is 9.92. The maximum absolute atomic E-state index is 13.7. The fraction of sp³-hybridized carbons (Fsp3) is 0.538. The molecule has 1 unspecified atom stereocenters. The number of hydrogen-bond acceptors (Lipinski definition) is 6. The first-order valence-electron chi connectivity index (χ1n) is 12.7. The van der Waals surface area contributed by atoms with E-state index in [2.05, 4.69) is 20.8 Å². The number of aromatic nitrogens is 2. The van der Waals surface area contributed by atoms with Crippen molar-refractivity contribution in [3.8, 4) is 0 Å². The van der Waals surface area contributed by atoms with Crippen LogP contribution in [0.2, 0.25) is 0 Å². The van der Waals surface area contributed by atoms with Crippen LogP contribution in [0.1, 0.15) is 51.8 Å². The van der Waals surface area contributed by atoms with Gasteiger partial charge in [0.2, 0.25) is 17.7 Å². The zero-order chi connectivity index (χ0) is 27.8. The fourth-order valence-corrected chi connectivity index (χ4v) is 5.59. The number of amides is 4. The molecule has 1 saturated heterocycles. The van der Waals surface area contributed by atoms with Crippen molar-refractivity contribution in [2.45, 2.75) is 64.1 Å². The van der Waals surface area contributed by atoms with E-state index in [-0.39, 0.29) is 24.1 Å². The van der Waals surface area contributed by atoms with Gasteiger partial charge in [0, 0.05) is 24.2 Å². The Hall–Kier alpha value is -3.70. The number of nitrogens with one attached hydrogen (secondary N) is 2. The van der Waals surface area contributed by atoms with Crippen molar-refractivity contribution in [3.05, 3.63) is 36.2 Å². The highest BCUT2D eigenvalue weighted by Crippen LogP contribution is 2.43. The Bertz CT molecular complexity index is 1240. The van der Waals surface area contributed by atoms with E-state index < -0.39 is 53.6 Å². The first-order valence-corrected chi connectivity index (χ1v) is 12.7. The Morgan fingerprint density at radius 2 is 1.84 bits per heavy atom. The van der Waals surface area contributed by atoms with E-state index in [9.17, 15) is 28.0 Å². The SMILES string of the molecule is CC(C)[C@H](NC(=O)C(C)(F)F)C(=O)N1C[C@@H]2CCC[C@@H]2[C@H]1C(=O)NC(C(N)=O)c1nncc2ccccc12. The molecule has 0 spiro atoms. The Morgan fingerprint density at radius 3 is 2.50 bits per heavy atom. The molecule has 1 aliphatic carbocycles. The molecule has 1 saturated carbocycles. The molecule has 0 radical (unpaired) electrons. The number of nitrogens with zero attached hydrogens (tertiary/aromatic N) is 3. The minimum Gasteiger partial charge on any atom is -0.368 e. The van der Waals surface area contributed by atoms with E-state index in [1.165, 1.54) is 11.1 Å². The zero-order valence-corrected chi connectivity index (χ0v) is 21.5. The highest BCUT2D eigenvalue weighted by Gasteiger charge is 2.51. The predicted molar refractivity (Wildman–Crippen MR) is 133 cm³/mol. The Kier molecular flexibility index (Phi) is 7.61. The van der Waals surface area contributed by atoms with Gasteiger partial charge in [0.25, 0.3) is 5.91 Å². The molecule has 2 heterocycles. The van der Waals surface area contributed by atoms with Gasteiger partial charge >= 0.3 is 5.92 Å². The first kappa shape index (κ1) is 27.3. The monoisotopic (exact) mass is 530 g/mol. The number of carbonyl (C=O) groups is 4. The van der Waals surface area contributed by atoms with Crippen molar-refractivity contribution in [3.63, 3.8) is 0 Å². The summed E-state index contributed by atoms with van der Waals surface area (Å²) in [5.74, 6) is -7.94. The van der Waals surface area contributed by atoms with Gasteiger partial charge in [-0.15, -0.1) is 0 Å². The van der Waals surface area contributed by atoms with Gasteiger partial charge in [0.1, 0.15) is 17.8 Å². The van der Waals surface area contributed by atoms with Crippen LogP contribution in [-0.4, -0.2) is 63.3 Å². The molecule has 204 valence electrons.